The minimum Gasteiger partial charge on any atom is -0.465 e. The summed E-state index contributed by atoms with van der Waals surface area (Å²) in [4.78, 5) is 33.7. The summed E-state index contributed by atoms with van der Waals surface area (Å²) in [5, 5.41) is 1.11. The summed E-state index contributed by atoms with van der Waals surface area (Å²) in [6.07, 6.45) is 6.66. The third-order valence-corrected chi connectivity index (χ3v) is 9.96. The van der Waals surface area contributed by atoms with Gasteiger partial charge in [0.05, 0.1) is 19.4 Å². The molecule has 5 rings (SSSR count). The average molecular weight is 542 g/mol. The van der Waals surface area contributed by atoms with Gasteiger partial charge in [0, 0.05) is 61.0 Å². The zero-order valence-corrected chi connectivity index (χ0v) is 23.4. The van der Waals surface area contributed by atoms with E-state index in [1.165, 1.54) is 18.9 Å². The van der Waals surface area contributed by atoms with Crippen molar-refractivity contribution in [2.75, 3.05) is 33.1 Å². The lowest BCUT2D eigenvalue weighted by Gasteiger charge is -2.32. The van der Waals surface area contributed by atoms with Crippen LogP contribution in [0.15, 0.2) is 46.2 Å². The van der Waals surface area contributed by atoms with E-state index in [9.17, 15) is 9.59 Å². The van der Waals surface area contributed by atoms with Crippen LogP contribution in [0.1, 0.15) is 49.8 Å². The van der Waals surface area contributed by atoms with Gasteiger partial charge in [-0.15, -0.1) is 11.8 Å². The number of hydrogen-bond acceptors (Lipinski definition) is 7. The molecule has 0 N–H and O–H groups in total. The Labute approximate surface area is 227 Å². The van der Waals surface area contributed by atoms with Gasteiger partial charge in [-0.1, -0.05) is 43.0 Å². The minimum absolute atomic E-state index is 0.00232. The largest absolute Gasteiger partial charge is 0.465 e. The molecule has 198 valence electrons. The summed E-state index contributed by atoms with van der Waals surface area (Å²) in [6.45, 7) is 4.12. The molecular formula is C28H35N3O4S2. The van der Waals surface area contributed by atoms with Crippen LogP contribution in [-0.2, 0) is 25.6 Å². The number of amides is 1. The second-order valence-corrected chi connectivity index (χ2v) is 12.4. The van der Waals surface area contributed by atoms with Crippen LogP contribution in [0.3, 0.4) is 0 Å². The fraction of sp³-hybridized carbons (Fsp3) is 0.536. The lowest BCUT2D eigenvalue weighted by atomic mass is 9.82. The molecule has 2 aromatic rings. The first-order valence-electron chi connectivity index (χ1n) is 13.1. The molecule has 1 amide bonds. The molecule has 2 aliphatic heterocycles. The number of thioether (sulfide) groups is 2. The molecule has 7 nitrogen and oxygen atoms in total. The molecule has 0 bridgehead atoms. The fourth-order valence-corrected chi connectivity index (χ4v) is 7.67. The molecular weight excluding hydrogens is 506 g/mol. The van der Waals surface area contributed by atoms with Crippen molar-refractivity contribution in [3.8, 4) is 11.3 Å². The number of carbonyl (C=O) groups excluding carboxylic acids is 2. The van der Waals surface area contributed by atoms with Crippen molar-refractivity contribution in [1.82, 2.24) is 14.5 Å². The second kappa shape index (κ2) is 11.7. The van der Waals surface area contributed by atoms with E-state index >= 15 is 0 Å². The summed E-state index contributed by atoms with van der Waals surface area (Å²) in [5.74, 6) is 1.48. The number of fused-ring (bicyclic) bond motifs is 1. The molecule has 0 saturated heterocycles. The molecule has 0 spiro atoms. The van der Waals surface area contributed by atoms with Crippen LogP contribution in [0, 0.1) is 11.8 Å². The quantitative estimate of drug-likeness (QED) is 0.408. The predicted octanol–water partition coefficient (Wildman–Crippen LogP) is 5.52. The van der Waals surface area contributed by atoms with Gasteiger partial charge in [-0.3, -0.25) is 4.79 Å². The number of ether oxygens (including phenoxy) is 2. The van der Waals surface area contributed by atoms with Crippen molar-refractivity contribution >= 4 is 35.4 Å². The van der Waals surface area contributed by atoms with Gasteiger partial charge in [0.15, 0.2) is 5.16 Å². The van der Waals surface area contributed by atoms with E-state index in [0.29, 0.717) is 30.4 Å². The smallest absolute Gasteiger partial charge is 0.346 e. The maximum Gasteiger partial charge on any atom is 0.346 e. The highest BCUT2D eigenvalue weighted by Gasteiger charge is 2.38. The van der Waals surface area contributed by atoms with Gasteiger partial charge < -0.3 is 18.9 Å². The van der Waals surface area contributed by atoms with Crippen LogP contribution >= 0.6 is 23.5 Å². The van der Waals surface area contributed by atoms with Crippen LogP contribution in [0.2, 0.25) is 0 Å². The van der Waals surface area contributed by atoms with E-state index in [-0.39, 0.29) is 23.0 Å². The van der Waals surface area contributed by atoms with Crippen molar-refractivity contribution in [2.45, 2.75) is 56.0 Å². The van der Waals surface area contributed by atoms with E-state index in [1.807, 2.05) is 4.90 Å². The number of rotatable bonds is 8. The maximum absolute atomic E-state index is 13.7. The molecule has 3 aliphatic rings. The van der Waals surface area contributed by atoms with Crippen LogP contribution in [0.5, 0.6) is 0 Å². The number of imidazole rings is 1. The SMILES string of the molecule is COCCN(C1=C(C(=O)OC)SC(c2ccc(-c3cn4c(n3)SCC4)cc2)C1)C(=O)[C@H]1CC[C@H](C)CC1. The van der Waals surface area contributed by atoms with Gasteiger partial charge >= 0.3 is 5.97 Å². The molecule has 1 aromatic heterocycles. The van der Waals surface area contributed by atoms with Gasteiger partial charge in [0.25, 0.3) is 0 Å². The van der Waals surface area contributed by atoms with Crippen LogP contribution in [0.25, 0.3) is 11.3 Å². The Bertz CT molecular complexity index is 1150. The molecule has 9 heteroatoms. The number of aryl methyl sites for hydroxylation is 1. The zero-order chi connectivity index (χ0) is 25.9. The molecule has 37 heavy (non-hydrogen) atoms. The molecule has 3 heterocycles. The first-order valence-corrected chi connectivity index (χ1v) is 14.9. The fourth-order valence-electron chi connectivity index (χ4n) is 5.40. The van der Waals surface area contributed by atoms with Gasteiger partial charge in [0.1, 0.15) is 4.91 Å². The summed E-state index contributed by atoms with van der Waals surface area (Å²) < 4.78 is 12.7. The maximum atomic E-state index is 13.7. The Hall–Kier alpha value is -2.23. The molecule has 1 unspecified atom stereocenters. The zero-order valence-electron chi connectivity index (χ0n) is 21.8. The molecule has 1 aliphatic carbocycles. The standard InChI is InChI=1S/C28H35N3O4S2/c1-18-4-6-21(7-5-18)26(32)31(12-14-34-2)23-16-24(37-25(23)27(33)35-3)20-10-8-19(9-11-20)22-17-30-13-15-36-28(30)29-22/h8-11,17-18,21,24H,4-7,12-16H2,1-3H3/t18-,21-,24?. The minimum atomic E-state index is -0.378. The Morgan fingerprint density at radius 2 is 1.89 bits per heavy atom. The first-order chi connectivity index (χ1) is 18.0. The Balaban J connectivity index is 1.37. The van der Waals surface area contributed by atoms with Crippen LogP contribution < -0.4 is 0 Å². The summed E-state index contributed by atoms with van der Waals surface area (Å²) in [7, 11) is 3.04. The van der Waals surface area contributed by atoms with E-state index in [4.69, 9.17) is 14.5 Å². The second-order valence-electron chi connectivity index (χ2n) is 10.1. The Morgan fingerprint density at radius 1 is 1.14 bits per heavy atom. The number of hydrogen-bond donors (Lipinski definition) is 0. The molecule has 0 radical (unpaired) electrons. The van der Waals surface area contributed by atoms with Crippen LogP contribution in [0.4, 0.5) is 0 Å². The lowest BCUT2D eigenvalue weighted by Crippen LogP contribution is -2.39. The topological polar surface area (TPSA) is 73.7 Å². The first kappa shape index (κ1) is 26.4. The average Bonchev–Trinajstić information content (AvgIpc) is 3.64. The van der Waals surface area contributed by atoms with Gasteiger partial charge in [-0.05, 0) is 37.2 Å². The van der Waals surface area contributed by atoms with Crippen molar-refractivity contribution in [1.29, 1.82) is 0 Å². The molecule has 1 saturated carbocycles. The Morgan fingerprint density at radius 3 is 2.57 bits per heavy atom. The summed E-state index contributed by atoms with van der Waals surface area (Å²) >= 11 is 3.29. The van der Waals surface area contributed by atoms with Gasteiger partial charge in [0.2, 0.25) is 5.91 Å². The molecule has 1 aromatic carbocycles. The molecule has 1 fully saturated rings. The van der Waals surface area contributed by atoms with Gasteiger partial charge in [-0.2, -0.15) is 0 Å². The van der Waals surface area contributed by atoms with E-state index in [2.05, 4.69) is 42.0 Å². The number of allylic oxidation sites excluding steroid dienone is 1. The Kier molecular flexibility index (Phi) is 8.31. The number of methoxy groups -OCH3 is 2. The molecule has 1 atom stereocenters. The number of benzene rings is 1. The number of esters is 1. The number of carbonyl (C=O) groups is 2. The van der Waals surface area contributed by atoms with Gasteiger partial charge in [-0.25, -0.2) is 9.78 Å². The number of aromatic nitrogens is 2. The van der Waals surface area contributed by atoms with Crippen LogP contribution in [-0.4, -0.2) is 59.5 Å². The summed E-state index contributed by atoms with van der Waals surface area (Å²) in [6, 6.07) is 8.44. The third-order valence-electron chi connectivity index (χ3n) is 7.63. The monoisotopic (exact) mass is 541 g/mol. The van der Waals surface area contributed by atoms with Crippen molar-refractivity contribution in [2.24, 2.45) is 11.8 Å². The highest BCUT2D eigenvalue weighted by atomic mass is 32.2. The van der Waals surface area contributed by atoms with E-state index < -0.39 is 0 Å². The highest BCUT2D eigenvalue weighted by molar-refractivity contribution is 8.04. The normalized spacial score (nSPS) is 23.3. The lowest BCUT2D eigenvalue weighted by molar-refractivity contribution is -0.136. The third kappa shape index (κ3) is 5.64. The van der Waals surface area contributed by atoms with Crippen molar-refractivity contribution < 1.29 is 19.1 Å². The van der Waals surface area contributed by atoms with E-state index in [1.54, 1.807) is 18.9 Å². The summed E-state index contributed by atoms with van der Waals surface area (Å²) in [5.41, 5.74) is 3.96. The van der Waals surface area contributed by atoms with Crippen molar-refractivity contribution in [3.05, 3.63) is 46.6 Å². The van der Waals surface area contributed by atoms with E-state index in [0.717, 1.165) is 65.7 Å². The van der Waals surface area contributed by atoms with Crippen molar-refractivity contribution in [3.63, 3.8) is 0 Å². The predicted molar refractivity (Wildman–Crippen MR) is 147 cm³/mol. The number of nitrogens with zero attached hydrogens (tertiary/aromatic N) is 3. The highest BCUT2D eigenvalue weighted by Crippen LogP contribution is 2.49.